The molecule has 0 aliphatic carbocycles. The number of anilines is 1. The van der Waals surface area contributed by atoms with E-state index in [4.69, 9.17) is 13.9 Å². The summed E-state index contributed by atoms with van der Waals surface area (Å²) in [6.45, 7) is 3.57. The van der Waals surface area contributed by atoms with Crippen molar-refractivity contribution in [3.05, 3.63) is 64.5 Å². The Labute approximate surface area is 150 Å². The molecule has 1 atom stereocenters. The lowest BCUT2D eigenvalue weighted by Gasteiger charge is -2.16. The van der Waals surface area contributed by atoms with Crippen molar-refractivity contribution < 1.29 is 18.7 Å². The largest absolute Gasteiger partial charge is 0.495 e. The highest BCUT2D eigenvalue weighted by atomic mass is 16.5. The zero-order valence-corrected chi connectivity index (χ0v) is 14.7. The molecule has 0 spiro atoms. The van der Waals surface area contributed by atoms with Crippen LogP contribution in [-0.4, -0.2) is 19.1 Å². The SMILES string of the molecule is COc1ccc(C)cc1NC(=O)C(C)Oc1ccc2ccc(=O)oc2c1. The summed E-state index contributed by atoms with van der Waals surface area (Å²) in [5.41, 5.74) is 1.55. The number of rotatable bonds is 5. The van der Waals surface area contributed by atoms with Crippen molar-refractivity contribution in [2.45, 2.75) is 20.0 Å². The van der Waals surface area contributed by atoms with E-state index in [1.807, 2.05) is 19.1 Å². The predicted molar refractivity (Wildman–Crippen MR) is 98.9 cm³/mol. The van der Waals surface area contributed by atoms with E-state index in [2.05, 4.69) is 5.32 Å². The molecule has 3 aromatic rings. The number of carbonyl (C=O) groups is 1. The molecule has 1 heterocycles. The minimum Gasteiger partial charge on any atom is -0.495 e. The lowest BCUT2D eigenvalue weighted by atomic mass is 10.2. The first-order chi connectivity index (χ1) is 12.5. The minimum atomic E-state index is -0.756. The summed E-state index contributed by atoms with van der Waals surface area (Å²) in [4.78, 5) is 23.8. The molecule has 1 unspecified atom stereocenters. The molecule has 2 aromatic carbocycles. The van der Waals surface area contributed by atoms with Crippen molar-refractivity contribution >= 4 is 22.6 Å². The van der Waals surface area contributed by atoms with Gasteiger partial charge in [0.2, 0.25) is 0 Å². The molecule has 0 aliphatic rings. The number of hydrogen-bond acceptors (Lipinski definition) is 5. The molecule has 6 heteroatoms. The number of amides is 1. The minimum absolute atomic E-state index is 0.316. The van der Waals surface area contributed by atoms with Crippen LogP contribution in [0.15, 0.2) is 57.7 Å². The highest BCUT2D eigenvalue weighted by molar-refractivity contribution is 5.95. The molecule has 1 aromatic heterocycles. The second-order valence-corrected chi connectivity index (χ2v) is 5.91. The summed E-state index contributed by atoms with van der Waals surface area (Å²) in [5.74, 6) is 0.692. The standard InChI is InChI=1S/C20H19NO5/c1-12-4-8-17(24-3)16(10-12)21-20(23)13(2)25-15-7-5-14-6-9-19(22)26-18(14)11-15/h4-11,13H,1-3H3,(H,21,23). The summed E-state index contributed by atoms with van der Waals surface area (Å²) in [6.07, 6.45) is -0.756. The molecule has 0 saturated heterocycles. The Bertz CT molecular complexity index is 1010. The molecule has 0 aliphatic heterocycles. The second-order valence-electron chi connectivity index (χ2n) is 5.91. The van der Waals surface area contributed by atoms with Crippen molar-refractivity contribution in [3.8, 4) is 11.5 Å². The smallest absolute Gasteiger partial charge is 0.336 e. The molecule has 6 nitrogen and oxygen atoms in total. The lowest BCUT2D eigenvalue weighted by molar-refractivity contribution is -0.122. The molecule has 0 fully saturated rings. The van der Waals surface area contributed by atoms with Crippen molar-refractivity contribution in [3.63, 3.8) is 0 Å². The first kappa shape index (κ1) is 17.5. The molecular weight excluding hydrogens is 334 g/mol. The highest BCUT2D eigenvalue weighted by Gasteiger charge is 2.17. The Hall–Kier alpha value is -3.28. The van der Waals surface area contributed by atoms with Crippen LogP contribution in [0.3, 0.4) is 0 Å². The maximum Gasteiger partial charge on any atom is 0.336 e. The number of nitrogens with one attached hydrogen (secondary N) is 1. The highest BCUT2D eigenvalue weighted by Crippen LogP contribution is 2.26. The maximum absolute atomic E-state index is 12.4. The molecular formula is C20H19NO5. The number of methoxy groups -OCH3 is 1. The van der Waals surface area contributed by atoms with Crippen LogP contribution >= 0.6 is 0 Å². The van der Waals surface area contributed by atoms with Gasteiger partial charge in [-0.05, 0) is 49.7 Å². The average molecular weight is 353 g/mol. The Morgan fingerprint density at radius 2 is 1.88 bits per heavy atom. The fraction of sp³-hybridized carbons (Fsp3) is 0.200. The van der Waals surface area contributed by atoms with E-state index in [1.165, 1.54) is 6.07 Å². The summed E-state index contributed by atoms with van der Waals surface area (Å²) >= 11 is 0. The molecule has 1 amide bonds. The zero-order valence-electron chi connectivity index (χ0n) is 14.7. The zero-order chi connectivity index (χ0) is 18.7. The number of aryl methyl sites for hydroxylation is 1. The second kappa shape index (κ2) is 7.31. The van der Waals surface area contributed by atoms with E-state index >= 15 is 0 Å². The van der Waals surface area contributed by atoms with Gasteiger partial charge in [-0.2, -0.15) is 0 Å². The first-order valence-electron chi connectivity index (χ1n) is 8.12. The van der Waals surface area contributed by atoms with Crippen LogP contribution in [0, 0.1) is 6.92 Å². The van der Waals surface area contributed by atoms with Gasteiger partial charge in [0, 0.05) is 17.5 Å². The van der Waals surface area contributed by atoms with Crippen molar-refractivity contribution in [1.82, 2.24) is 0 Å². The summed E-state index contributed by atoms with van der Waals surface area (Å²) in [5, 5.41) is 3.58. The van der Waals surface area contributed by atoms with Crippen molar-refractivity contribution in [2.24, 2.45) is 0 Å². The van der Waals surface area contributed by atoms with Gasteiger partial charge < -0.3 is 19.2 Å². The summed E-state index contributed by atoms with van der Waals surface area (Å²) in [7, 11) is 1.54. The number of ether oxygens (including phenoxy) is 2. The Morgan fingerprint density at radius 3 is 2.65 bits per heavy atom. The third kappa shape index (κ3) is 3.85. The molecule has 0 saturated carbocycles. The van der Waals surface area contributed by atoms with Crippen LogP contribution in [0.2, 0.25) is 0 Å². The van der Waals surface area contributed by atoms with E-state index < -0.39 is 11.7 Å². The van der Waals surface area contributed by atoms with E-state index in [0.29, 0.717) is 22.8 Å². The summed E-state index contributed by atoms with van der Waals surface area (Å²) in [6, 6.07) is 13.6. The fourth-order valence-corrected chi connectivity index (χ4v) is 2.53. The van der Waals surface area contributed by atoms with Gasteiger partial charge in [-0.25, -0.2) is 4.79 Å². The van der Waals surface area contributed by atoms with Gasteiger partial charge in [-0.1, -0.05) is 6.07 Å². The van der Waals surface area contributed by atoms with Crippen LogP contribution in [0.4, 0.5) is 5.69 Å². The van der Waals surface area contributed by atoms with Crippen LogP contribution in [0.1, 0.15) is 12.5 Å². The van der Waals surface area contributed by atoms with E-state index in [1.54, 1.807) is 44.4 Å². The number of fused-ring (bicyclic) bond motifs is 1. The lowest BCUT2D eigenvalue weighted by Crippen LogP contribution is -2.30. The normalized spacial score (nSPS) is 11.8. The van der Waals surface area contributed by atoms with Crippen LogP contribution in [-0.2, 0) is 4.79 Å². The maximum atomic E-state index is 12.4. The van der Waals surface area contributed by atoms with Gasteiger partial charge in [0.05, 0.1) is 12.8 Å². The molecule has 134 valence electrons. The van der Waals surface area contributed by atoms with Gasteiger partial charge in [0.15, 0.2) is 6.10 Å². The predicted octanol–water partition coefficient (Wildman–Crippen LogP) is 3.52. The topological polar surface area (TPSA) is 77.8 Å². The monoisotopic (exact) mass is 353 g/mol. The van der Waals surface area contributed by atoms with Crippen molar-refractivity contribution in [1.29, 1.82) is 0 Å². The number of benzene rings is 2. The molecule has 0 bridgehead atoms. The Balaban J connectivity index is 1.75. The first-order valence-corrected chi connectivity index (χ1v) is 8.12. The van der Waals surface area contributed by atoms with Gasteiger partial charge in [0.25, 0.3) is 5.91 Å². The molecule has 26 heavy (non-hydrogen) atoms. The van der Waals surface area contributed by atoms with Gasteiger partial charge >= 0.3 is 5.63 Å². The van der Waals surface area contributed by atoms with Gasteiger partial charge in [-0.15, -0.1) is 0 Å². The molecule has 3 rings (SSSR count). The summed E-state index contributed by atoms with van der Waals surface area (Å²) < 4.78 is 16.1. The number of carbonyl (C=O) groups excluding carboxylic acids is 1. The Morgan fingerprint density at radius 1 is 1.12 bits per heavy atom. The van der Waals surface area contributed by atoms with Gasteiger partial charge in [0.1, 0.15) is 17.1 Å². The molecule has 0 radical (unpaired) electrons. The van der Waals surface area contributed by atoms with E-state index in [9.17, 15) is 9.59 Å². The van der Waals surface area contributed by atoms with Crippen molar-refractivity contribution in [2.75, 3.05) is 12.4 Å². The third-order valence-electron chi connectivity index (χ3n) is 3.89. The molecule has 1 N–H and O–H groups in total. The van der Waals surface area contributed by atoms with Crippen LogP contribution in [0.25, 0.3) is 11.0 Å². The van der Waals surface area contributed by atoms with Gasteiger partial charge in [-0.3, -0.25) is 4.79 Å². The third-order valence-corrected chi connectivity index (χ3v) is 3.89. The van der Waals surface area contributed by atoms with Crippen LogP contribution < -0.4 is 20.4 Å². The van der Waals surface area contributed by atoms with E-state index in [-0.39, 0.29) is 5.91 Å². The fourth-order valence-electron chi connectivity index (χ4n) is 2.53. The Kier molecular flexibility index (Phi) is 4.93. The number of hydrogen-bond donors (Lipinski definition) is 1. The average Bonchev–Trinajstić information content (AvgIpc) is 2.61. The van der Waals surface area contributed by atoms with Crippen LogP contribution in [0.5, 0.6) is 11.5 Å². The quantitative estimate of drug-likeness (QED) is 0.710. The van der Waals surface area contributed by atoms with E-state index in [0.717, 1.165) is 10.9 Å².